The van der Waals surface area contributed by atoms with Crippen molar-refractivity contribution in [3.8, 4) is 0 Å². The number of hydrogen-bond donors (Lipinski definition) is 3. The van der Waals surface area contributed by atoms with Crippen LogP contribution in [0.5, 0.6) is 0 Å². The first-order valence-electron chi connectivity index (χ1n) is 25.9. The van der Waals surface area contributed by atoms with E-state index in [0.29, 0.717) is 25.9 Å². The monoisotopic (exact) mass is 820 g/mol. The summed E-state index contributed by atoms with van der Waals surface area (Å²) in [6.07, 6.45) is 54.7. The van der Waals surface area contributed by atoms with E-state index in [9.17, 15) is 19.8 Å². The molecule has 0 aliphatic carbocycles. The highest BCUT2D eigenvalue weighted by atomic mass is 16.5. The Morgan fingerprint density at radius 2 is 0.810 bits per heavy atom. The summed E-state index contributed by atoms with van der Waals surface area (Å²) < 4.78 is 5.45. The fourth-order valence-corrected chi connectivity index (χ4v) is 8.05. The molecular formula is C52H101NO5. The fourth-order valence-electron chi connectivity index (χ4n) is 8.05. The van der Waals surface area contributed by atoms with E-state index in [1.807, 2.05) is 0 Å². The van der Waals surface area contributed by atoms with Crippen molar-refractivity contribution >= 4 is 11.9 Å². The SMILES string of the molecule is CCCCC/C=C\CCCCCCCC(=O)OCCCCCCCCCCCCCCCCCCCCCC(=O)NC(CO)C(O)CCCCCCCCCCCC. The van der Waals surface area contributed by atoms with Crippen LogP contribution in [-0.2, 0) is 14.3 Å². The summed E-state index contributed by atoms with van der Waals surface area (Å²) in [5.41, 5.74) is 0. The maximum absolute atomic E-state index is 12.4. The first-order chi connectivity index (χ1) is 28.5. The Hall–Kier alpha value is -1.40. The summed E-state index contributed by atoms with van der Waals surface area (Å²) in [5, 5.41) is 23.1. The highest BCUT2D eigenvalue weighted by Crippen LogP contribution is 2.17. The van der Waals surface area contributed by atoms with Crippen molar-refractivity contribution in [3.05, 3.63) is 12.2 Å². The number of carbonyl (C=O) groups excluding carboxylic acids is 2. The Balaban J connectivity index is 3.38. The van der Waals surface area contributed by atoms with Crippen molar-refractivity contribution < 1.29 is 24.5 Å². The van der Waals surface area contributed by atoms with E-state index in [0.717, 1.165) is 44.9 Å². The van der Waals surface area contributed by atoms with Gasteiger partial charge < -0.3 is 20.3 Å². The Bertz CT molecular complexity index is 863. The number of hydrogen-bond acceptors (Lipinski definition) is 5. The number of rotatable bonds is 48. The van der Waals surface area contributed by atoms with Crippen LogP contribution in [0, 0.1) is 0 Å². The molecule has 0 saturated heterocycles. The first-order valence-corrected chi connectivity index (χ1v) is 25.9. The second kappa shape index (κ2) is 48.3. The summed E-state index contributed by atoms with van der Waals surface area (Å²) in [6, 6.07) is -0.541. The van der Waals surface area contributed by atoms with Crippen LogP contribution in [0.3, 0.4) is 0 Å². The number of aliphatic hydroxyl groups excluding tert-OH is 2. The number of unbranched alkanes of at least 4 members (excludes halogenated alkanes) is 35. The summed E-state index contributed by atoms with van der Waals surface area (Å²) in [7, 11) is 0. The highest BCUT2D eigenvalue weighted by Gasteiger charge is 2.20. The van der Waals surface area contributed by atoms with E-state index in [-0.39, 0.29) is 18.5 Å². The van der Waals surface area contributed by atoms with Gasteiger partial charge in [-0.25, -0.2) is 0 Å². The smallest absolute Gasteiger partial charge is 0.305 e. The Kier molecular flexibility index (Phi) is 47.1. The van der Waals surface area contributed by atoms with Crippen molar-refractivity contribution in [2.24, 2.45) is 0 Å². The van der Waals surface area contributed by atoms with E-state index < -0.39 is 12.1 Å². The fraction of sp³-hybridized carbons (Fsp3) is 0.923. The van der Waals surface area contributed by atoms with E-state index >= 15 is 0 Å². The van der Waals surface area contributed by atoms with Crippen LogP contribution in [0.2, 0.25) is 0 Å². The van der Waals surface area contributed by atoms with Crippen molar-refractivity contribution in [2.75, 3.05) is 13.2 Å². The molecule has 0 heterocycles. The van der Waals surface area contributed by atoms with Gasteiger partial charge in [0.25, 0.3) is 0 Å². The number of ether oxygens (including phenoxy) is 1. The van der Waals surface area contributed by atoms with Crippen LogP contribution in [0.25, 0.3) is 0 Å². The molecule has 0 saturated carbocycles. The Morgan fingerprint density at radius 3 is 1.26 bits per heavy atom. The molecule has 6 heteroatoms. The molecule has 0 radical (unpaired) electrons. The van der Waals surface area contributed by atoms with Crippen molar-refractivity contribution in [2.45, 2.75) is 296 Å². The molecule has 0 spiro atoms. The zero-order valence-corrected chi connectivity index (χ0v) is 39.0. The molecule has 0 fully saturated rings. The molecule has 2 atom stereocenters. The van der Waals surface area contributed by atoms with E-state index in [2.05, 4.69) is 31.3 Å². The van der Waals surface area contributed by atoms with Crippen LogP contribution in [-0.4, -0.2) is 47.4 Å². The van der Waals surface area contributed by atoms with Gasteiger partial charge >= 0.3 is 5.97 Å². The van der Waals surface area contributed by atoms with Gasteiger partial charge in [0.2, 0.25) is 5.91 Å². The standard InChI is InChI=1S/C52H101NO5/c1-3-5-7-9-11-13-15-26-30-34-38-42-46-52(57)58-47-43-39-35-31-27-24-22-20-18-16-17-19-21-23-25-29-33-37-41-45-51(56)53-49(48-54)50(55)44-40-36-32-28-14-12-10-8-6-4-2/h11,13,49-50,54-55H,3-10,12,14-48H2,1-2H3,(H,53,56)/b13-11-. The van der Waals surface area contributed by atoms with Gasteiger partial charge in [-0.1, -0.05) is 231 Å². The van der Waals surface area contributed by atoms with Crippen LogP contribution in [0.15, 0.2) is 12.2 Å². The molecule has 0 rings (SSSR count). The third-order valence-electron chi connectivity index (χ3n) is 12.1. The minimum absolute atomic E-state index is 0.00115. The van der Waals surface area contributed by atoms with Crippen molar-refractivity contribution in [1.82, 2.24) is 5.32 Å². The average molecular weight is 820 g/mol. The molecule has 344 valence electrons. The lowest BCUT2D eigenvalue weighted by atomic mass is 10.0. The Labute approximate surface area is 361 Å². The summed E-state index contributed by atoms with van der Waals surface area (Å²) in [5.74, 6) is -0.0404. The van der Waals surface area contributed by atoms with E-state index in [1.165, 1.54) is 205 Å². The quantitative estimate of drug-likeness (QED) is 0.0323. The minimum atomic E-state index is -0.663. The number of esters is 1. The maximum atomic E-state index is 12.4. The number of aliphatic hydroxyl groups is 2. The summed E-state index contributed by atoms with van der Waals surface area (Å²) in [6.45, 7) is 4.91. The van der Waals surface area contributed by atoms with E-state index in [1.54, 1.807) is 0 Å². The van der Waals surface area contributed by atoms with Gasteiger partial charge in [-0.05, 0) is 51.4 Å². The van der Waals surface area contributed by atoms with Gasteiger partial charge in [-0.2, -0.15) is 0 Å². The Morgan fingerprint density at radius 1 is 0.466 bits per heavy atom. The first kappa shape index (κ1) is 56.6. The topological polar surface area (TPSA) is 95.9 Å². The molecule has 2 unspecified atom stereocenters. The van der Waals surface area contributed by atoms with Crippen LogP contribution in [0.4, 0.5) is 0 Å². The predicted molar refractivity (Wildman–Crippen MR) is 250 cm³/mol. The van der Waals surface area contributed by atoms with Crippen molar-refractivity contribution in [1.29, 1.82) is 0 Å². The second-order valence-electron chi connectivity index (χ2n) is 17.9. The third-order valence-corrected chi connectivity index (χ3v) is 12.1. The molecule has 3 N–H and O–H groups in total. The van der Waals surface area contributed by atoms with Gasteiger partial charge in [0.15, 0.2) is 0 Å². The lowest BCUT2D eigenvalue weighted by molar-refractivity contribution is -0.143. The van der Waals surface area contributed by atoms with Crippen LogP contribution in [0.1, 0.15) is 284 Å². The van der Waals surface area contributed by atoms with E-state index in [4.69, 9.17) is 4.74 Å². The normalized spacial score (nSPS) is 12.7. The molecule has 0 aliphatic heterocycles. The lowest BCUT2D eigenvalue weighted by Crippen LogP contribution is -2.45. The molecule has 0 bridgehead atoms. The number of carbonyl (C=O) groups is 2. The number of amides is 1. The molecule has 0 aromatic carbocycles. The zero-order valence-electron chi connectivity index (χ0n) is 39.0. The van der Waals surface area contributed by atoms with Gasteiger partial charge in [0.1, 0.15) is 0 Å². The van der Waals surface area contributed by atoms with Crippen LogP contribution < -0.4 is 5.32 Å². The maximum Gasteiger partial charge on any atom is 0.305 e. The van der Waals surface area contributed by atoms with Crippen molar-refractivity contribution in [3.63, 3.8) is 0 Å². The third kappa shape index (κ3) is 44.2. The van der Waals surface area contributed by atoms with Gasteiger partial charge in [0, 0.05) is 12.8 Å². The largest absolute Gasteiger partial charge is 0.466 e. The van der Waals surface area contributed by atoms with Gasteiger partial charge in [-0.15, -0.1) is 0 Å². The molecule has 0 aromatic rings. The van der Waals surface area contributed by atoms with Gasteiger partial charge in [0.05, 0.1) is 25.4 Å². The highest BCUT2D eigenvalue weighted by molar-refractivity contribution is 5.76. The molecule has 58 heavy (non-hydrogen) atoms. The molecule has 1 amide bonds. The number of allylic oxidation sites excluding steroid dienone is 2. The second-order valence-corrected chi connectivity index (χ2v) is 17.9. The minimum Gasteiger partial charge on any atom is -0.466 e. The molecule has 0 aliphatic rings. The molecular weight excluding hydrogens is 719 g/mol. The number of nitrogens with one attached hydrogen (secondary N) is 1. The predicted octanol–water partition coefficient (Wildman–Crippen LogP) is 15.3. The average Bonchev–Trinajstić information content (AvgIpc) is 3.22. The molecule has 0 aromatic heterocycles. The summed E-state index contributed by atoms with van der Waals surface area (Å²) in [4.78, 5) is 24.4. The summed E-state index contributed by atoms with van der Waals surface area (Å²) >= 11 is 0. The zero-order chi connectivity index (χ0) is 42.3. The lowest BCUT2D eigenvalue weighted by Gasteiger charge is -2.22. The van der Waals surface area contributed by atoms with Crippen LogP contribution >= 0.6 is 0 Å². The van der Waals surface area contributed by atoms with Gasteiger partial charge in [-0.3, -0.25) is 9.59 Å². The molecule has 6 nitrogen and oxygen atoms in total.